The number of nitrogens with zero attached hydrogens (tertiary/aromatic N) is 4. The van der Waals surface area contributed by atoms with Crippen LogP contribution in [0.15, 0.2) is 18.6 Å². The van der Waals surface area contributed by atoms with Gasteiger partial charge in [0.25, 0.3) is 5.91 Å². The number of rotatable bonds is 6. The lowest BCUT2D eigenvalue weighted by atomic mass is 10.2. The van der Waals surface area contributed by atoms with Crippen LogP contribution in [-0.4, -0.2) is 70.0 Å². The van der Waals surface area contributed by atoms with Crippen LogP contribution in [0.3, 0.4) is 0 Å². The van der Waals surface area contributed by atoms with E-state index in [9.17, 15) is 9.59 Å². The quantitative estimate of drug-likeness (QED) is 0.785. The molecule has 2 atom stereocenters. The van der Waals surface area contributed by atoms with Crippen molar-refractivity contribution in [2.24, 2.45) is 0 Å². The Morgan fingerprint density at radius 2 is 1.96 bits per heavy atom. The summed E-state index contributed by atoms with van der Waals surface area (Å²) in [6, 6.07) is 0. The third-order valence-electron chi connectivity index (χ3n) is 3.93. The maximum atomic E-state index is 12.5. The molecule has 1 aromatic heterocycles. The average Bonchev–Trinajstić information content (AvgIpc) is 2.57. The Labute approximate surface area is 143 Å². The minimum absolute atomic E-state index is 0.0469. The smallest absolute Gasteiger partial charge is 0.274 e. The minimum Gasteiger partial charge on any atom is -0.372 e. The van der Waals surface area contributed by atoms with E-state index < -0.39 is 0 Å². The molecule has 1 aromatic rings. The van der Waals surface area contributed by atoms with Crippen LogP contribution in [0.2, 0.25) is 0 Å². The van der Waals surface area contributed by atoms with Crippen molar-refractivity contribution in [3.05, 3.63) is 24.3 Å². The first-order valence-corrected chi connectivity index (χ1v) is 8.49. The van der Waals surface area contributed by atoms with Gasteiger partial charge in [0.2, 0.25) is 5.91 Å². The number of ether oxygens (including phenoxy) is 1. The average molecular weight is 334 g/mol. The Morgan fingerprint density at radius 1 is 1.25 bits per heavy atom. The molecule has 0 bridgehead atoms. The molecular formula is C17H26N4O3. The molecule has 0 spiro atoms. The van der Waals surface area contributed by atoms with Gasteiger partial charge < -0.3 is 14.5 Å². The molecule has 0 unspecified atom stereocenters. The van der Waals surface area contributed by atoms with Gasteiger partial charge in [-0.1, -0.05) is 6.92 Å². The fourth-order valence-electron chi connectivity index (χ4n) is 2.93. The van der Waals surface area contributed by atoms with Crippen molar-refractivity contribution in [3.63, 3.8) is 0 Å². The summed E-state index contributed by atoms with van der Waals surface area (Å²) in [6.07, 6.45) is 5.72. The van der Waals surface area contributed by atoms with Crippen LogP contribution >= 0.6 is 0 Å². The second-order valence-corrected chi connectivity index (χ2v) is 6.19. The van der Waals surface area contributed by atoms with Crippen molar-refractivity contribution in [2.45, 2.75) is 45.8 Å². The molecule has 1 aliphatic heterocycles. The lowest BCUT2D eigenvalue weighted by Gasteiger charge is -2.35. The number of carbonyl (C=O) groups is 2. The van der Waals surface area contributed by atoms with Crippen molar-refractivity contribution in [1.29, 1.82) is 0 Å². The van der Waals surface area contributed by atoms with Gasteiger partial charge in [-0.2, -0.15) is 0 Å². The summed E-state index contributed by atoms with van der Waals surface area (Å²) in [6.45, 7) is 8.14. The van der Waals surface area contributed by atoms with Gasteiger partial charge >= 0.3 is 0 Å². The lowest BCUT2D eigenvalue weighted by Crippen LogP contribution is -2.49. The Morgan fingerprint density at radius 3 is 2.54 bits per heavy atom. The largest absolute Gasteiger partial charge is 0.372 e. The van der Waals surface area contributed by atoms with E-state index in [4.69, 9.17) is 4.74 Å². The highest BCUT2D eigenvalue weighted by Gasteiger charge is 2.26. The molecule has 1 aliphatic rings. The molecule has 1 fully saturated rings. The zero-order valence-corrected chi connectivity index (χ0v) is 14.6. The van der Waals surface area contributed by atoms with E-state index in [0.717, 1.165) is 6.42 Å². The first kappa shape index (κ1) is 18.3. The maximum Gasteiger partial charge on any atom is 0.274 e. The van der Waals surface area contributed by atoms with E-state index in [1.807, 2.05) is 25.7 Å². The fourth-order valence-corrected chi connectivity index (χ4v) is 2.93. The van der Waals surface area contributed by atoms with Crippen molar-refractivity contribution in [3.8, 4) is 0 Å². The molecule has 0 aromatic carbocycles. The third kappa shape index (κ3) is 4.99. The van der Waals surface area contributed by atoms with Crippen molar-refractivity contribution in [1.82, 2.24) is 19.8 Å². The van der Waals surface area contributed by atoms with Crippen LogP contribution in [0.4, 0.5) is 0 Å². The van der Waals surface area contributed by atoms with Gasteiger partial charge in [0.15, 0.2) is 0 Å². The predicted octanol–water partition coefficient (Wildman–Crippen LogP) is 1.35. The number of carbonyl (C=O) groups excluding carboxylic acids is 2. The van der Waals surface area contributed by atoms with Gasteiger partial charge in [0, 0.05) is 45.0 Å². The molecule has 0 N–H and O–H groups in total. The number of hydrogen-bond donors (Lipinski definition) is 0. The molecule has 132 valence electrons. The summed E-state index contributed by atoms with van der Waals surface area (Å²) in [4.78, 5) is 36.5. The van der Waals surface area contributed by atoms with Crippen molar-refractivity contribution >= 4 is 11.8 Å². The van der Waals surface area contributed by atoms with Crippen LogP contribution < -0.4 is 0 Å². The maximum absolute atomic E-state index is 12.5. The summed E-state index contributed by atoms with van der Waals surface area (Å²) in [5.74, 6) is -0.119. The Kier molecular flexibility index (Phi) is 6.66. The van der Waals surface area contributed by atoms with Crippen molar-refractivity contribution < 1.29 is 14.3 Å². The normalized spacial score (nSPS) is 20.7. The van der Waals surface area contributed by atoms with Crippen LogP contribution in [0.1, 0.15) is 44.1 Å². The second-order valence-electron chi connectivity index (χ2n) is 6.19. The first-order chi connectivity index (χ1) is 11.5. The molecule has 0 saturated carbocycles. The third-order valence-corrected chi connectivity index (χ3v) is 3.93. The zero-order valence-electron chi connectivity index (χ0n) is 14.6. The highest BCUT2D eigenvalue weighted by molar-refractivity contribution is 5.92. The summed E-state index contributed by atoms with van der Waals surface area (Å²) >= 11 is 0. The van der Waals surface area contributed by atoms with Crippen molar-refractivity contribution in [2.75, 3.05) is 26.2 Å². The fraction of sp³-hybridized carbons (Fsp3) is 0.647. The summed E-state index contributed by atoms with van der Waals surface area (Å²) < 4.78 is 5.65. The van der Waals surface area contributed by atoms with Gasteiger partial charge in [0.1, 0.15) is 5.69 Å². The van der Waals surface area contributed by atoms with Gasteiger partial charge in [-0.3, -0.25) is 14.6 Å². The zero-order chi connectivity index (χ0) is 17.5. The number of aromatic nitrogens is 2. The second kappa shape index (κ2) is 8.73. The minimum atomic E-state index is -0.179. The van der Waals surface area contributed by atoms with E-state index in [1.165, 1.54) is 18.6 Å². The number of morpholine rings is 1. The van der Waals surface area contributed by atoms with E-state index in [0.29, 0.717) is 38.3 Å². The molecule has 7 nitrogen and oxygen atoms in total. The molecule has 2 heterocycles. The van der Waals surface area contributed by atoms with E-state index in [1.54, 1.807) is 4.90 Å². The topological polar surface area (TPSA) is 75.6 Å². The van der Waals surface area contributed by atoms with E-state index in [-0.39, 0.29) is 24.0 Å². The summed E-state index contributed by atoms with van der Waals surface area (Å²) in [7, 11) is 0. The molecule has 2 amide bonds. The molecule has 0 radical (unpaired) electrons. The predicted molar refractivity (Wildman–Crippen MR) is 89.4 cm³/mol. The highest BCUT2D eigenvalue weighted by Crippen LogP contribution is 2.12. The van der Waals surface area contributed by atoms with Crippen LogP contribution in [0.5, 0.6) is 0 Å². The highest BCUT2D eigenvalue weighted by atomic mass is 16.5. The van der Waals surface area contributed by atoms with Crippen LogP contribution in [-0.2, 0) is 9.53 Å². The van der Waals surface area contributed by atoms with Gasteiger partial charge in [0.05, 0.1) is 18.4 Å². The molecule has 1 saturated heterocycles. The summed E-state index contributed by atoms with van der Waals surface area (Å²) in [5.41, 5.74) is 0.312. The monoisotopic (exact) mass is 334 g/mol. The van der Waals surface area contributed by atoms with Gasteiger partial charge in [-0.25, -0.2) is 4.98 Å². The van der Waals surface area contributed by atoms with Crippen LogP contribution in [0, 0.1) is 0 Å². The SMILES string of the molecule is CCCN(CCC(=O)N1C[C@@H](C)O[C@H](C)C1)C(=O)c1cnccn1. The number of hydrogen-bond acceptors (Lipinski definition) is 5. The Hall–Kier alpha value is -2.02. The molecule has 2 rings (SSSR count). The Balaban J connectivity index is 1.93. The summed E-state index contributed by atoms with van der Waals surface area (Å²) in [5, 5.41) is 0. The standard InChI is InChI=1S/C17H26N4O3/c1-4-8-20(17(23)15-10-18-6-7-19-15)9-5-16(22)21-11-13(2)24-14(3)12-21/h6-7,10,13-14H,4-5,8-9,11-12H2,1-3H3/t13-,14-/m1/s1. The Bertz CT molecular complexity index is 542. The molecular weight excluding hydrogens is 308 g/mol. The van der Waals surface area contributed by atoms with E-state index in [2.05, 4.69) is 9.97 Å². The molecule has 0 aliphatic carbocycles. The van der Waals surface area contributed by atoms with Gasteiger partial charge in [-0.15, -0.1) is 0 Å². The molecule has 24 heavy (non-hydrogen) atoms. The van der Waals surface area contributed by atoms with Crippen LogP contribution in [0.25, 0.3) is 0 Å². The van der Waals surface area contributed by atoms with Gasteiger partial charge in [-0.05, 0) is 20.3 Å². The first-order valence-electron chi connectivity index (χ1n) is 8.49. The molecule has 7 heteroatoms. The van der Waals surface area contributed by atoms with E-state index >= 15 is 0 Å². The lowest BCUT2D eigenvalue weighted by molar-refractivity contribution is -0.143. The number of amides is 2.